The summed E-state index contributed by atoms with van der Waals surface area (Å²) in [6, 6.07) is 13.4. The van der Waals surface area contributed by atoms with E-state index >= 15 is 0 Å². The van der Waals surface area contributed by atoms with Gasteiger partial charge in [-0.3, -0.25) is 13.8 Å². The molecule has 0 fully saturated rings. The van der Waals surface area contributed by atoms with E-state index in [4.69, 9.17) is 4.74 Å². The highest BCUT2D eigenvalue weighted by Gasteiger charge is 2.14. The number of hydrogen-bond donors (Lipinski definition) is 0. The van der Waals surface area contributed by atoms with Gasteiger partial charge < -0.3 is 4.74 Å². The monoisotopic (exact) mass is 370 g/mol. The first-order valence-electron chi connectivity index (χ1n) is 7.99. The number of fused-ring (bicyclic) bond motifs is 3. The van der Waals surface area contributed by atoms with E-state index in [2.05, 4.69) is 10.2 Å². The van der Waals surface area contributed by atoms with Crippen LogP contribution >= 0.6 is 11.8 Å². The summed E-state index contributed by atoms with van der Waals surface area (Å²) in [6.45, 7) is 0.396. The molecule has 0 saturated carbocycles. The molecule has 0 spiro atoms. The quantitative estimate of drug-likeness (QED) is 0.399. The number of thioether (sulfide) groups is 1. The Morgan fingerprint density at radius 1 is 1.15 bits per heavy atom. The summed E-state index contributed by atoms with van der Waals surface area (Å²) in [5, 5.41) is 9.64. The van der Waals surface area contributed by atoms with Gasteiger partial charge in [-0.1, -0.05) is 30.0 Å². The molecular weight excluding hydrogens is 355 g/mol. The third-order valence-electron chi connectivity index (χ3n) is 3.98. The molecule has 26 heavy (non-hydrogen) atoms. The zero-order chi connectivity index (χ0) is 18.1. The van der Waals surface area contributed by atoms with Crippen LogP contribution in [0.4, 0.5) is 4.39 Å². The summed E-state index contributed by atoms with van der Waals surface area (Å²) in [5.74, 6) is 1.26. The van der Waals surface area contributed by atoms with Crippen molar-refractivity contribution in [2.24, 2.45) is 7.05 Å². The average Bonchev–Trinajstić information content (AvgIpc) is 3.08. The Kier molecular flexibility index (Phi) is 4.34. The van der Waals surface area contributed by atoms with Gasteiger partial charge >= 0.3 is 0 Å². The Balaban J connectivity index is 1.58. The van der Waals surface area contributed by atoms with E-state index in [1.165, 1.54) is 28.5 Å². The van der Waals surface area contributed by atoms with E-state index in [1.807, 2.05) is 22.6 Å². The van der Waals surface area contributed by atoms with Crippen LogP contribution in [0.15, 0.2) is 58.5 Å². The summed E-state index contributed by atoms with van der Waals surface area (Å²) in [7, 11) is 1.68. The summed E-state index contributed by atoms with van der Waals surface area (Å²) >= 11 is 1.46. The lowest BCUT2D eigenvalue weighted by Crippen LogP contribution is -2.20. The van der Waals surface area contributed by atoms with E-state index in [0.717, 1.165) is 5.52 Å². The predicted molar refractivity (Wildman–Crippen MR) is 98.4 cm³/mol. The van der Waals surface area contributed by atoms with Crippen molar-refractivity contribution in [2.45, 2.75) is 5.16 Å². The molecule has 0 aliphatic carbocycles. The minimum atomic E-state index is -0.328. The topological polar surface area (TPSA) is 61.4 Å². The SMILES string of the molecule is Cn1c(=O)c2ccccc2n2c(SCCOc3cccc(F)c3)nnc12. The Morgan fingerprint density at radius 2 is 2.00 bits per heavy atom. The molecule has 132 valence electrons. The number of nitrogens with zero attached hydrogens (tertiary/aromatic N) is 4. The molecule has 6 nitrogen and oxygen atoms in total. The zero-order valence-corrected chi connectivity index (χ0v) is 14.7. The van der Waals surface area contributed by atoms with E-state index in [-0.39, 0.29) is 11.4 Å². The molecule has 0 amide bonds. The number of halogens is 1. The largest absolute Gasteiger partial charge is 0.493 e. The fraction of sp³-hybridized carbons (Fsp3) is 0.167. The number of benzene rings is 2. The van der Waals surface area contributed by atoms with E-state index in [0.29, 0.717) is 34.4 Å². The van der Waals surface area contributed by atoms with Crippen molar-refractivity contribution in [1.82, 2.24) is 19.2 Å². The van der Waals surface area contributed by atoms with Gasteiger partial charge in [-0.25, -0.2) is 4.39 Å². The Morgan fingerprint density at radius 3 is 2.85 bits per heavy atom. The van der Waals surface area contributed by atoms with Crippen molar-refractivity contribution in [3.8, 4) is 5.75 Å². The van der Waals surface area contributed by atoms with Crippen molar-refractivity contribution in [1.29, 1.82) is 0 Å². The maximum atomic E-state index is 13.2. The third-order valence-corrected chi connectivity index (χ3v) is 4.87. The van der Waals surface area contributed by atoms with E-state index in [9.17, 15) is 9.18 Å². The van der Waals surface area contributed by atoms with Crippen LogP contribution in [0.3, 0.4) is 0 Å². The molecule has 0 unspecified atom stereocenters. The molecular formula is C18H15FN4O2S. The lowest BCUT2D eigenvalue weighted by atomic mass is 10.2. The third kappa shape index (κ3) is 2.92. The van der Waals surface area contributed by atoms with Gasteiger partial charge in [0.1, 0.15) is 11.6 Å². The van der Waals surface area contributed by atoms with Gasteiger partial charge in [0.25, 0.3) is 5.56 Å². The lowest BCUT2D eigenvalue weighted by molar-refractivity contribution is 0.342. The van der Waals surface area contributed by atoms with Crippen molar-refractivity contribution in [3.63, 3.8) is 0 Å². The zero-order valence-electron chi connectivity index (χ0n) is 13.9. The average molecular weight is 370 g/mol. The highest BCUT2D eigenvalue weighted by Crippen LogP contribution is 2.21. The fourth-order valence-electron chi connectivity index (χ4n) is 2.75. The maximum Gasteiger partial charge on any atom is 0.262 e. The second kappa shape index (κ2) is 6.80. The van der Waals surface area contributed by atoms with Gasteiger partial charge in [-0.2, -0.15) is 0 Å². The summed E-state index contributed by atoms with van der Waals surface area (Å²) in [5.41, 5.74) is 0.663. The number of aromatic nitrogens is 4. The highest BCUT2D eigenvalue weighted by molar-refractivity contribution is 7.99. The van der Waals surface area contributed by atoms with Crippen LogP contribution in [0.1, 0.15) is 0 Å². The second-order valence-corrected chi connectivity index (χ2v) is 6.72. The highest BCUT2D eigenvalue weighted by atomic mass is 32.2. The summed E-state index contributed by atoms with van der Waals surface area (Å²) in [4.78, 5) is 12.4. The number of aryl methyl sites for hydroxylation is 1. The fourth-order valence-corrected chi connectivity index (χ4v) is 3.51. The minimum absolute atomic E-state index is 0.105. The first-order chi connectivity index (χ1) is 12.6. The van der Waals surface area contributed by atoms with Gasteiger partial charge in [-0.05, 0) is 24.3 Å². The van der Waals surface area contributed by atoms with Crippen molar-refractivity contribution >= 4 is 28.4 Å². The maximum absolute atomic E-state index is 13.2. The number of ether oxygens (including phenoxy) is 1. The molecule has 4 rings (SSSR count). The molecule has 4 aromatic rings. The Hall–Kier alpha value is -2.87. The van der Waals surface area contributed by atoms with Gasteiger partial charge in [0.15, 0.2) is 5.16 Å². The number of para-hydroxylation sites is 1. The van der Waals surface area contributed by atoms with Crippen LogP contribution < -0.4 is 10.3 Å². The molecule has 2 heterocycles. The molecule has 0 bridgehead atoms. The van der Waals surface area contributed by atoms with Crippen LogP contribution in [-0.4, -0.2) is 31.5 Å². The van der Waals surface area contributed by atoms with Gasteiger partial charge in [0.2, 0.25) is 5.78 Å². The molecule has 0 saturated heterocycles. The van der Waals surface area contributed by atoms with Crippen molar-refractivity contribution in [2.75, 3.05) is 12.4 Å². The number of hydrogen-bond acceptors (Lipinski definition) is 5. The predicted octanol–water partition coefficient (Wildman–Crippen LogP) is 2.89. The van der Waals surface area contributed by atoms with Crippen LogP contribution in [-0.2, 0) is 7.05 Å². The smallest absolute Gasteiger partial charge is 0.262 e. The van der Waals surface area contributed by atoms with Crippen molar-refractivity contribution < 1.29 is 9.13 Å². The van der Waals surface area contributed by atoms with Gasteiger partial charge in [-0.15, -0.1) is 10.2 Å². The van der Waals surface area contributed by atoms with E-state index in [1.54, 1.807) is 25.2 Å². The standard InChI is InChI=1S/C18H15FN4O2S/c1-22-16(24)14-7-2-3-8-15(14)23-17(22)20-21-18(23)26-10-9-25-13-6-4-5-12(19)11-13/h2-8,11H,9-10H2,1H3. The second-order valence-electron chi connectivity index (χ2n) is 5.65. The molecule has 2 aromatic heterocycles. The number of rotatable bonds is 5. The van der Waals surface area contributed by atoms with Crippen LogP contribution in [0, 0.1) is 5.82 Å². The van der Waals surface area contributed by atoms with Crippen LogP contribution in [0.25, 0.3) is 16.7 Å². The van der Waals surface area contributed by atoms with E-state index < -0.39 is 0 Å². The lowest BCUT2D eigenvalue weighted by Gasteiger charge is -2.08. The normalized spacial score (nSPS) is 11.3. The van der Waals surface area contributed by atoms with Gasteiger partial charge in [0, 0.05) is 18.9 Å². The Labute approximate surface area is 152 Å². The van der Waals surface area contributed by atoms with Crippen LogP contribution in [0.2, 0.25) is 0 Å². The Bertz CT molecular complexity index is 1160. The molecule has 0 atom stereocenters. The minimum Gasteiger partial charge on any atom is -0.493 e. The van der Waals surface area contributed by atoms with Crippen molar-refractivity contribution in [3.05, 3.63) is 64.7 Å². The summed E-state index contributed by atoms with van der Waals surface area (Å²) in [6.07, 6.45) is 0. The molecule has 0 aliphatic rings. The van der Waals surface area contributed by atoms with Gasteiger partial charge in [0.05, 0.1) is 17.5 Å². The summed E-state index contributed by atoms with van der Waals surface area (Å²) < 4.78 is 22.1. The first-order valence-corrected chi connectivity index (χ1v) is 8.98. The molecule has 0 aliphatic heterocycles. The molecule has 0 radical (unpaired) electrons. The molecule has 8 heteroatoms. The van der Waals surface area contributed by atoms with Crippen LogP contribution in [0.5, 0.6) is 5.75 Å². The molecule has 2 aromatic carbocycles. The molecule has 0 N–H and O–H groups in total. The first kappa shape index (κ1) is 16.6.